The molecule has 0 unspecified atom stereocenters. The van der Waals surface area contributed by atoms with Gasteiger partial charge in [-0.15, -0.1) is 0 Å². The number of phenols is 1. The fourth-order valence-corrected chi connectivity index (χ4v) is 3.38. The molecule has 0 aliphatic rings. The van der Waals surface area contributed by atoms with Gasteiger partial charge in [0.05, 0.1) is 12.6 Å². The first kappa shape index (κ1) is 21.1. The van der Waals surface area contributed by atoms with Gasteiger partial charge in [0.25, 0.3) is 5.91 Å². The van der Waals surface area contributed by atoms with E-state index in [4.69, 9.17) is 9.15 Å². The molecule has 0 saturated carbocycles. The van der Waals surface area contributed by atoms with Gasteiger partial charge >= 0.3 is 0 Å². The number of ether oxygens (including phenoxy) is 1. The van der Waals surface area contributed by atoms with Gasteiger partial charge in [0.1, 0.15) is 28.2 Å². The Bertz CT molecular complexity index is 1280. The molecule has 7 nitrogen and oxygen atoms in total. The van der Waals surface area contributed by atoms with Crippen LogP contribution in [0.3, 0.4) is 0 Å². The van der Waals surface area contributed by atoms with Gasteiger partial charge in [0.15, 0.2) is 12.0 Å². The zero-order chi connectivity index (χ0) is 22.5. The third kappa shape index (κ3) is 4.63. The van der Waals surface area contributed by atoms with E-state index in [1.54, 1.807) is 24.3 Å². The van der Waals surface area contributed by atoms with Crippen molar-refractivity contribution in [2.45, 2.75) is 6.04 Å². The number of fused-ring (bicyclic) bond motifs is 1. The number of carbonyl (C=O) groups excluding carboxylic acids is 1. The van der Waals surface area contributed by atoms with Crippen molar-refractivity contribution < 1.29 is 24.2 Å². The van der Waals surface area contributed by atoms with Gasteiger partial charge in [-0.25, -0.2) is 0 Å². The molecule has 0 aliphatic heterocycles. The molecule has 1 aromatic heterocycles. The van der Waals surface area contributed by atoms with E-state index in [1.807, 2.05) is 36.4 Å². The lowest BCUT2D eigenvalue weighted by Crippen LogP contribution is -2.34. The van der Waals surface area contributed by atoms with Crippen LogP contribution in [-0.2, 0) is 4.79 Å². The molecule has 1 amide bonds. The van der Waals surface area contributed by atoms with Crippen molar-refractivity contribution in [3.8, 4) is 22.8 Å². The SMILES string of the molecule is O=C(COc1cc(O)c2c(=O)cc(-c3ccccc3)oc2c1)N[C@H](CO)c1ccccc1. The first-order chi connectivity index (χ1) is 15.5. The van der Waals surface area contributed by atoms with Crippen molar-refractivity contribution in [3.05, 3.63) is 94.6 Å². The Morgan fingerprint density at radius 1 is 1.00 bits per heavy atom. The molecule has 3 N–H and O–H groups in total. The molecule has 4 rings (SSSR count). The predicted octanol–water partition coefficient (Wildman–Crippen LogP) is 3.39. The van der Waals surface area contributed by atoms with E-state index in [9.17, 15) is 19.8 Å². The number of nitrogens with one attached hydrogen (secondary N) is 1. The number of rotatable bonds is 7. The molecule has 1 heterocycles. The standard InChI is InChI=1S/C25H21NO6/c27-14-19(16-7-3-1-4-8-16)26-24(30)15-31-18-11-20(28)25-21(29)13-22(32-23(25)12-18)17-9-5-2-6-10-17/h1-13,19,27-28H,14-15H2,(H,26,30)/t19-/m1/s1. The van der Waals surface area contributed by atoms with Crippen LogP contribution in [0.25, 0.3) is 22.3 Å². The normalized spacial score (nSPS) is 11.8. The summed E-state index contributed by atoms with van der Waals surface area (Å²) in [6, 6.07) is 21.7. The highest BCUT2D eigenvalue weighted by molar-refractivity contribution is 5.86. The number of phenolic OH excluding ortho intramolecular Hbond substituents is 1. The maximum atomic E-state index is 12.5. The lowest BCUT2D eigenvalue weighted by atomic mass is 10.1. The van der Waals surface area contributed by atoms with E-state index in [-0.39, 0.29) is 41.1 Å². The molecular weight excluding hydrogens is 410 g/mol. The van der Waals surface area contributed by atoms with E-state index >= 15 is 0 Å². The molecule has 0 saturated heterocycles. The Morgan fingerprint density at radius 3 is 2.38 bits per heavy atom. The van der Waals surface area contributed by atoms with Gasteiger partial charge in [0, 0.05) is 23.8 Å². The second-order valence-electron chi connectivity index (χ2n) is 7.16. The summed E-state index contributed by atoms with van der Waals surface area (Å²) in [6.45, 7) is -0.614. The first-order valence-corrected chi connectivity index (χ1v) is 9.99. The molecule has 0 spiro atoms. The van der Waals surface area contributed by atoms with Crippen LogP contribution in [0.4, 0.5) is 0 Å². The summed E-state index contributed by atoms with van der Waals surface area (Å²) >= 11 is 0. The molecule has 162 valence electrons. The highest BCUT2D eigenvalue weighted by Gasteiger charge is 2.16. The number of hydrogen-bond donors (Lipinski definition) is 3. The van der Waals surface area contributed by atoms with Crippen molar-refractivity contribution in [1.29, 1.82) is 0 Å². The van der Waals surface area contributed by atoms with Crippen molar-refractivity contribution in [2.24, 2.45) is 0 Å². The van der Waals surface area contributed by atoms with E-state index in [2.05, 4.69) is 5.32 Å². The van der Waals surface area contributed by atoms with Crippen LogP contribution in [0.1, 0.15) is 11.6 Å². The average Bonchev–Trinajstić information content (AvgIpc) is 2.82. The van der Waals surface area contributed by atoms with E-state index < -0.39 is 11.9 Å². The Kier molecular flexibility index (Phi) is 6.19. The summed E-state index contributed by atoms with van der Waals surface area (Å²) in [4.78, 5) is 24.8. The Morgan fingerprint density at radius 2 is 1.69 bits per heavy atom. The van der Waals surface area contributed by atoms with Gasteiger partial charge < -0.3 is 24.7 Å². The number of amides is 1. The number of aliphatic hydroxyl groups excluding tert-OH is 1. The lowest BCUT2D eigenvalue weighted by Gasteiger charge is -2.17. The lowest BCUT2D eigenvalue weighted by molar-refractivity contribution is -0.124. The maximum absolute atomic E-state index is 12.5. The Hall–Kier alpha value is -4.10. The largest absolute Gasteiger partial charge is 0.507 e. The van der Waals surface area contributed by atoms with Crippen LogP contribution in [0, 0.1) is 0 Å². The molecule has 32 heavy (non-hydrogen) atoms. The monoisotopic (exact) mass is 431 g/mol. The van der Waals surface area contributed by atoms with Gasteiger partial charge in [-0.3, -0.25) is 9.59 Å². The van der Waals surface area contributed by atoms with Crippen LogP contribution in [0.15, 0.2) is 88.1 Å². The fraction of sp³-hybridized carbons (Fsp3) is 0.120. The fourth-order valence-electron chi connectivity index (χ4n) is 3.38. The highest BCUT2D eigenvalue weighted by Crippen LogP contribution is 2.31. The molecular formula is C25H21NO6. The summed E-state index contributed by atoms with van der Waals surface area (Å²) in [5.74, 6) is -0.236. The van der Waals surface area contributed by atoms with E-state index in [0.29, 0.717) is 11.3 Å². The second kappa shape index (κ2) is 9.36. The Labute approximate surface area is 183 Å². The first-order valence-electron chi connectivity index (χ1n) is 9.99. The third-order valence-electron chi connectivity index (χ3n) is 4.93. The molecule has 3 aromatic carbocycles. The summed E-state index contributed by atoms with van der Waals surface area (Å²) in [6.07, 6.45) is 0. The number of carbonyl (C=O) groups is 1. The molecule has 0 aliphatic carbocycles. The van der Waals surface area contributed by atoms with Gasteiger partial charge in [-0.05, 0) is 5.56 Å². The summed E-state index contributed by atoms with van der Waals surface area (Å²) in [5.41, 5.74) is 1.24. The number of hydrogen-bond acceptors (Lipinski definition) is 6. The van der Waals surface area contributed by atoms with Crippen LogP contribution in [0.5, 0.6) is 11.5 Å². The maximum Gasteiger partial charge on any atom is 0.258 e. The van der Waals surface area contributed by atoms with Crippen molar-refractivity contribution in [1.82, 2.24) is 5.32 Å². The van der Waals surface area contributed by atoms with Crippen molar-refractivity contribution >= 4 is 16.9 Å². The Balaban J connectivity index is 1.53. The van der Waals surface area contributed by atoms with Gasteiger partial charge in [-0.1, -0.05) is 60.7 Å². The zero-order valence-electron chi connectivity index (χ0n) is 17.0. The number of aromatic hydroxyl groups is 1. The van der Waals surface area contributed by atoms with Crippen molar-refractivity contribution in [2.75, 3.05) is 13.2 Å². The molecule has 7 heteroatoms. The molecule has 0 radical (unpaired) electrons. The smallest absolute Gasteiger partial charge is 0.258 e. The van der Waals surface area contributed by atoms with Crippen LogP contribution in [0.2, 0.25) is 0 Å². The third-order valence-corrected chi connectivity index (χ3v) is 4.93. The van der Waals surface area contributed by atoms with Crippen LogP contribution < -0.4 is 15.5 Å². The highest BCUT2D eigenvalue weighted by atomic mass is 16.5. The molecule has 1 atom stereocenters. The molecule has 0 fully saturated rings. The number of benzene rings is 3. The molecule has 4 aromatic rings. The minimum absolute atomic E-state index is 0.0332. The quantitative estimate of drug-likeness (QED) is 0.414. The summed E-state index contributed by atoms with van der Waals surface area (Å²) < 4.78 is 11.3. The predicted molar refractivity (Wildman–Crippen MR) is 119 cm³/mol. The average molecular weight is 431 g/mol. The number of aliphatic hydroxyl groups is 1. The molecule has 0 bridgehead atoms. The van der Waals surface area contributed by atoms with Crippen LogP contribution in [-0.4, -0.2) is 29.3 Å². The minimum atomic E-state index is -0.566. The van der Waals surface area contributed by atoms with Crippen LogP contribution >= 0.6 is 0 Å². The second-order valence-corrected chi connectivity index (χ2v) is 7.16. The minimum Gasteiger partial charge on any atom is -0.507 e. The van der Waals surface area contributed by atoms with E-state index in [1.165, 1.54) is 18.2 Å². The topological polar surface area (TPSA) is 109 Å². The zero-order valence-corrected chi connectivity index (χ0v) is 17.0. The van der Waals surface area contributed by atoms with Gasteiger partial charge in [-0.2, -0.15) is 0 Å². The van der Waals surface area contributed by atoms with Crippen molar-refractivity contribution in [3.63, 3.8) is 0 Å². The van der Waals surface area contributed by atoms with E-state index in [0.717, 1.165) is 5.56 Å². The van der Waals surface area contributed by atoms with Gasteiger partial charge in [0.2, 0.25) is 0 Å². The summed E-state index contributed by atoms with van der Waals surface area (Å²) in [5, 5.41) is 22.6. The summed E-state index contributed by atoms with van der Waals surface area (Å²) in [7, 11) is 0.